The monoisotopic (exact) mass is 395 g/mol. The molecule has 0 saturated carbocycles. The molecule has 144 valence electrons. The molecule has 0 unspecified atom stereocenters. The van der Waals surface area contributed by atoms with Crippen LogP contribution in [0.1, 0.15) is 28.8 Å². The maximum Gasteiger partial charge on any atom is 0.257 e. The summed E-state index contributed by atoms with van der Waals surface area (Å²) in [7, 11) is 0. The molecule has 2 amide bonds. The largest absolute Gasteiger partial charge is 0.431 e. The van der Waals surface area contributed by atoms with Crippen LogP contribution in [-0.2, 0) is 10.5 Å². The van der Waals surface area contributed by atoms with Crippen molar-refractivity contribution in [1.82, 2.24) is 9.88 Å². The minimum absolute atomic E-state index is 0.00307. The Bertz CT molecular complexity index is 976. The van der Waals surface area contributed by atoms with Gasteiger partial charge >= 0.3 is 0 Å². The van der Waals surface area contributed by atoms with E-state index in [2.05, 4.69) is 4.98 Å². The lowest BCUT2D eigenvalue weighted by atomic mass is 9.95. The SMILES string of the molecule is NC(=O)C1CCN(C(=O)c2ccccc2CSc2nc3ccccc3o2)CC1. The van der Waals surface area contributed by atoms with E-state index < -0.39 is 0 Å². The minimum Gasteiger partial charge on any atom is -0.431 e. The fourth-order valence-corrected chi connectivity index (χ4v) is 4.29. The lowest BCUT2D eigenvalue weighted by molar-refractivity contribution is -0.123. The van der Waals surface area contributed by atoms with Gasteiger partial charge in [-0.3, -0.25) is 9.59 Å². The highest BCUT2D eigenvalue weighted by Gasteiger charge is 2.27. The number of carbonyl (C=O) groups excluding carboxylic acids is 2. The highest BCUT2D eigenvalue weighted by molar-refractivity contribution is 7.98. The van der Waals surface area contributed by atoms with E-state index in [1.165, 1.54) is 11.8 Å². The molecule has 0 aliphatic carbocycles. The van der Waals surface area contributed by atoms with Crippen molar-refractivity contribution in [3.63, 3.8) is 0 Å². The number of benzene rings is 2. The Morgan fingerprint density at radius 1 is 1.11 bits per heavy atom. The molecule has 2 aromatic carbocycles. The Labute approximate surface area is 167 Å². The number of nitrogens with zero attached hydrogens (tertiary/aromatic N) is 2. The molecule has 2 heterocycles. The van der Waals surface area contributed by atoms with Gasteiger partial charge in [0.1, 0.15) is 5.52 Å². The van der Waals surface area contributed by atoms with Crippen LogP contribution in [0.3, 0.4) is 0 Å². The zero-order valence-electron chi connectivity index (χ0n) is 15.3. The second-order valence-corrected chi connectivity index (χ2v) is 7.79. The van der Waals surface area contributed by atoms with Gasteiger partial charge in [0.25, 0.3) is 11.1 Å². The summed E-state index contributed by atoms with van der Waals surface area (Å²) in [5, 5.41) is 0.589. The van der Waals surface area contributed by atoms with Gasteiger partial charge in [-0.25, -0.2) is 4.98 Å². The molecule has 1 aromatic heterocycles. The van der Waals surface area contributed by atoms with Crippen LogP contribution in [0.15, 0.2) is 58.2 Å². The van der Waals surface area contributed by atoms with Gasteiger partial charge in [-0.1, -0.05) is 42.1 Å². The highest BCUT2D eigenvalue weighted by atomic mass is 32.2. The summed E-state index contributed by atoms with van der Waals surface area (Å²) in [5.41, 5.74) is 8.59. The Morgan fingerprint density at radius 2 is 1.82 bits per heavy atom. The number of likely N-dealkylation sites (tertiary alicyclic amines) is 1. The molecule has 1 fully saturated rings. The molecule has 3 aromatic rings. The van der Waals surface area contributed by atoms with E-state index in [9.17, 15) is 9.59 Å². The second-order valence-electron chi connectivity index (χ2n) is 6.86. The Kier molecular flexibility index (Phi) is 5.34. The lowest BCUT2D eigenvalue weighted by Crippen LogP contribution is -2.42. The van der Waals surface area contributed by atoms with Crippen molar-refractivity contribution < 1.29 is 14.0 Å². The highest BCUT2D eigenvalue weighted by Crippen LogP contribution is 2.28. The fraction of sp³-hybridized carbons (Fsp3) is 0.286. The number of primary amides is 1. The lowest BCUT2D eigenvalue weighted by Gasteiger charge is -2.31. The molecule has 0 radical (unpaired) electrons. The number of fused-ring (bicyclic) bond motifs is 1. The summed E-state index contributed by atoms with van der Waals surface area (Å²) in [6, 6.07) is 15.3. The van der Waals surface area contributed by atoms with E-state index in [0.717, 1.165) is 16.7 Å². The number of nitrogens with two attached hydrogens (primary N) is 1. The first-order valence-electron chi connectivity index (χ1n) is 9.26. The number of carbonyl (C=O) groups is 2. The third-order valence-corrected chi connectivity index (χ3v) is 5.93. The maximum atomic E-state index is 13.0. The summed E-state index contributed by atoms with van der Waals surface area (Å²) in [6.07, 6.45) is 1.25. The predicted molar refractivity (Wildman–Crippen MR) is 108 cm³/mol. The molecular formula is C21H21N3O3S. The zero-order valence-corrected chi connectivity index (χ0v) is 16.2. The maximum absolute atomic E-state index is 13.0. The summed E-state index contributed by atoms with van der Waals surface area (Å²) in [6.45, 7) is 1.11. The van der Waals surface area contributed by atoms with Crippen molar-refractivity contribution in [2.24, 2.45) is 11.7 Å². The number of para-hydroxylation sites is 2. The molecular weight excluding hydrogens is 374 g/mol. The van der Waals surface area contributed by atoms with E-state index in [4.69, 9.17) is 10.2 Å². The van der Waals surface area contributed by atoms with Crippen LogP contribution in [-0.4, -0.2) is 34.8 Å². The summed E-state index contributed by atoms with van der Waals surface area (Å²) in [5.74, 6) is 0.180. The summed E-state index contributed by atoms with van der Waals surface area (Å²) in [4.78, 5) is 30.6. The molecule has 1 saturated heterocycles. The molecule has 6 nitrogen and oxygen atoms in total. The third kappa shape index (κ3) is 3.89. The van der Waals surface area contributed by atoms with Crippen LogP contribution in [0.2, 0.25) is 0 Å². The van der Waals surface area contributed by atoms with Crippen LogP contribution in [0.25, 0.3) is 11.1 Å². The Hall–Kier alpha value is -2.80. The van der Waals surface area contributed by atoms with Crippen molar-refractivity contribution in [1.29, 1.82) is 0 Å². The number of hydrogen-bond donors (Lipinski definition) is 1. The van der Waals surface area contributed by atoms with Gasteiger partial charge in [-0.2, -0.15) is 0 Å². The number of amides is 2. The molecule has 4 rings (SSSR count). The third-order valence-electron chi connectivity index (χ3n) is 5.06. The normalized spacial score (nSPS) is 15.1. The molecule has 28 heavy (non-hydrogen) atoms. The van der Waals surface area contributed by atoms with Crippen molar-refractivity contribution in [2.45, 2.75) is 23.8 Å². The zero-order chi connectivity index (χ0) is 19.5. The first-order chi connectivity index (χ1) is 13.6. The number of oxazole rings is 1. The van der Waals surface area contributed by atoms with E-state index in [1.54, 1.807) is 0 Å². The molecule has 2 N–H and O–H groups in total. The summed E-state index contributed by atoms with van der Waals surface area (Å²) >= 11 is 1.47. The summed E-state index contributed by atoms with van der Waals surface area (Å²) < 4.78 is 5.75. The van der Waals surface area contributed by atoms with Crippen molar-refractivity contribution in [3.8, 4) is 0 Å². The van der Waals surface area contributed by atoms with Gasteiger partial charge < -0.3 is 15.1 Å². The second kappa shape index (κ2) is 8.06. The standard InChI is InChI=1S/C21H21N3O3S/c22-19(25)14-9-11-24(12-10-14)20(26)16-6-2-1-5-15(16)13-28-21-23-17-7-3-4-8-18(17)27-21/h1-8,14H,9-13H2,(H2,22,25). The molecule has 1 aliphatic heterocycles. The van der Waals surface area contributed by atoms with Gasteiger partial charge in [0.05, 0.1) is 0 Å². The first-order valence-corrected chi connectivity index (χ1v) is 10.3. The van der Waals surface area contributed by atoms with E-state index in [0.29, 0.717) is 42.5 Å². The molecule has 0 spiro atoms. The number of thioether (sulfide) groups is 1. The smallest absolute Gasteiger partial charge is 0.257 e. The van der Waals surface area contributed by atoms with Crippen LogP contribution in [0.5, 0.6) is 0 Å². The van der Waals surface area contributed by atoms with E-state index in [1.807, 2.05) is 53.4 Å². The van der Waals surface area contributed by atoms with Gasteiger partial charge in [-0.05, 0) is 36.6 Å². The van der Waals surface area contributed by atoms with Gasteiger partial charge in [0.2, 0.25) is 5.91 Å². The quantitative estimate of drug-likeness (QED) is 0.668. The Balaban J connectivity index is 1.46. The van der Waals surface area contributed by atoms with Gasteiger partial charge in [0.15, 0.2) is 5.58 Å². The predicted octanol–water partition coefficient (Wildman–Crippen LogP) is 3.46. The first kappa shape index (κ1) is 18.6. The van der Waals surface area contributed by atoms with Crippen molar-refractivity contribution in [2.75, 3.05) is 13.1 Å². The van der Waals surface area contributed by atoms with Gasteiger partial charge in [-0.15, -0.1) is 0 Å². The molecule has 1 aliphatic rings. The number of piperidine rings is 1. The average molecular weight is 395 g/mol. The van der Waals surface area contributed by atoms with E-state index in [-0.39, 0.29) is 17.7 Å². The van der Waals surface area contributed by atoms with Crippen molar-refractivity contribution >= 4 is 34.7 Å². The Morgan fingerprint density at radius 3 is 2.57 bits per heavy atom. The fourth-order valence-electron chi connectivity index (χ4n) is 3.44. The van der Waals surface area contributed by atoms with E-state index >= 15 is 0 Å². The average Bonchev–Trinajstić information content (AvgIpc) is 3.15. The van der Waals surface area contributed by atoms with Crippen LogP contribution >= 0.6 is 11.8 Å². The number of hydrogen-bond acceptors (Lipinski definition) is 5. The molecule has 7 heteroatoms. The molecule has 0 atom stereocenters. The van der Waals surface area contributed by atoms with Crippen LogP contribution in [0.4, 0.5) is 0 Å². The van der Waals surface area contributed by atoms with Crippen molar-refractivity contribution in [3.05, 3.63) is 59.7 Å². The molecule has 0 bridgehead atoms. The number of aromatic nitrogens is 1. The van der Waals surface area contributed by atoms with Crippen LogP contribution in [0, 0.1) is 5.92 Å². The minimum atomic E-state index is -0.276. The van der Waals surface area contributed by atoms with Crippen LogP contribution < -0.4 is 5.73 Å². The van der Waals surface area contributed by atoms with Gasteiger partial charge in [0, 0.05) is 30.3 Å². The number of rotatable bonds is 5. The topological polar surface area (TPSA) is 89.4 Å².